The van der Waals surface area contributed by atoms with Crippen LogP contribution in [0.3, 0.4) is 0 Å². The molecule has 0 atom stereocenters. The van der Waals surface area contributed by atoms with Gasteiger partial charge in [-0.1, -0.05) is 24.3 Å². The van der Waals surface area contributed by atoms with Crippen molar-refractivity contribution in [1.29, 1.82) is 0 Å². The average molecular weight is 366 g/mol. The van der Waals surface area contributed by atoms with Gasteiger partial charge in [0.1, 0.15) is 17.3 Å². The molecule has 27 heavy (non-hydrogen) atoms. The number of carboxylic acids is 1. The summed E-state index contributed by atoms with van der Waals surface area (Å²) < 4.78 is 18.4. The van der Waals surface area contributed by atoms with Crippen molar-refractivity contribution in [1.82, 2.24) is 5.43 Å². The Labute approximate surface area is 153 Å². The van der Waals surface area contributed by atoms with Crippen LogP contribution < -0.4 is 5.43 Å². The Morgan fingerprint density at radius 3 is 2.63 bits per heavy atom. The van der Waals surface area contributed by atoms with Gasteiger partial charge in [-0.05, 0) is 42.0 Å². The number of carbonyl (C=O) groups excluding carboxylic acids is 1. The minimum absolute atomic E-state index is 0.0724. The first kappa shape index (κ1) is 18.1. The monoisotopic (exact) mass is 366 g/mol. The van der Waals surface area contributed by atoms with Gasteiger partial charge in [0.15, 0.2) is 0 Å². The predicted octanol–water partition coefficient (Wildman–Crippen LogP) is 3.48. The maximum absolute atomic E-state index is 12.8. The van der Waals surface area contributed by atoms with Crippen molar-refractivity contribution >= 4 is 18.1 Å². The average Bonchev–Trinajstić information content (AvgIpc) is 3.13. The number of hydrogen-bond acceptors (Lipinski definition) is 4. The molecular weight excluding hydrogens is 351 g/mol. The number of hydrazone groups is 1. The number of furan rings is 1. The van der Waals surface area contributed by atoms with Crippen LogP contribution in [0.5, 0.6) is 0 Å². The van der Waals surface area contributed by atoms with Crippen LogP contribution in [-0.2, 0) is 11.2 Å². The van der Waals surface area contributed by atoms with Crippen molar-refractivity contribution in [3.63, 3.8) is 0 Å². The quantitative estimate of drug-likeness (QED) is 0.516. The number of amides is 1. The normalized spacial score (nSPS) is 10.9. The molecule has 0 saturated heterocycles. The molecule has 3 rings (SSSR count). The van der Waals surface area contributed by atoms with E-state index in [-0.39, 0.29) is 23.7 Å². The highest BCUT2D eigenvalue weighted by Gasteiger charge is 2.08. The van der Waals surface area contributed by atoms with E-state index in [1.54, 1.807) is 24.3 Å². The molecule has 2 aromatic carbocycles. The maximum atomic E-state index is 12.8. The Morgan fingerprint density at radius 2 is 1.89 bits per heavy atom. The van der Waals surface area contributed by atoms with Crippen LogP contribution in [0.15, 0.2) is 70.2 Å². The Hall–Kier alpha value is -3.74. The Kier molecular flexibility index (Phi) is 5.41. The Morgan fingerprint density at radius 1 is 1.11 bits per heavy atom. The van der Waals surface area contributed by atoms with Gasteiger partial charge < -0.3 is 9.52 Å². The van der Waals surface area contributed by atoms with Gasteiger partial charge in [-0.3, -0.25) is 4.79 Å². The third-order valence-electron chi connectivity index (χ3n) is 3.68. The fourth-order valence-corrected chi connectivity index (χ4v) is 2.38. The predicted molar refractivity (Wildman–Crippen MR) is 96.9 cm³/mol. The Balaban J connectivity index is 1.60. The lowest BCUT2D eigenvalue weighted by Gasteiger charge is -2.00. The largest absolute Gasteiger partial charge is 0.478 e. The summed E-state index contributed by atoms with van der Waals surface area (Å²) in [6.07, 6.45) is 1.41. The molecule has 0 fully saturated rings. The SMILES string of the molecule is O=C(Cc1ccc(F)cc1)N/N=C\c1ccc(-c2cccc(C(=O)O)c2)o1. The smallest absolute Gasteiger partial charge is 0.335 e. The summed E-state index contributed by atoms with van der Waals surface area (Å²) in [5.41, 5.74) is 3.82. The maximum Gasteiger partial charge on any atom is 0.335 e. The zero-order valence-electron chi connectivity index (χ0n) is 14.1. The van der Waals surface area contributed by atoms with E-state index in [2.05, 4.69) is 10.5 Å². The van der Waals surface area contributed by atoms with Crippen molar-refractivity contribution in [2.45, 2.75) is 6.42 Å². The van der Waals surface area contributed by atoms with Crippen LogP contribution in [0, 0.1) is 5.82 Å². The molecule has 0 spiro atoms. The first-order chi connectivity index (χ1) is 13.0. The molecule has 0 bridgehead atoms. The van der Waals surface area contributed by atoms with E-state index < -0.39 is 5.97 Å². The zero-order chi connectivity index (χ0) is 19.2. The van der Waals surface area contributed by atoms with Gasteiger partial charge in [0.25, 0.3) is 0 Å². The van der Waals surface area contributed by atoms with E-state index >= 15 is 0 Å². The number of carboxylic acid groups (broad SMARTS) is 1. The van der Waals surface area contributed by atoms with Crippen LogP contribution in [0.4, 0.5) is 4.39 Å². The zero-order valence-corrected chi connectivity index (χ0v) is 14.1. The van der Waals surface area contributed by atoms with Crippen LogP contribution in [0.2, 0.25) is 0 Å². The highest BCUT2D eigenvalue weighted by Crippen LogP contribution is 2.22. The minimum atomic E-state index is -1.02. The second-order valence-electron chi connectivity index (χ2n) is 5.68. The summed E-state index contributed by atoms with van der Waals surface area (Å²) >= 11 is 0. The fourth-order valence-electron chi connectivity index (χ4n) is 2.38. The minimum Gasteiger partial charge on any atom is -0.478 e. The lowest BCUT2D eigenvalue weighted by molar-refractivity contribution is -0.120. The molecule has 0 radical (unpaired) electrons. The van der Waals surface area contributed by atoms with E-state index in [1.807, 2.05) is 0 Å². The topological polar surface area (TPSA) is 91.9 Å². The molecule has 0 aliphatic carbocycles. The van der Waals surface area contributed by atoms with E-state index in [0.29, 0.717) is 22.6 Å². The molecule has 136 valence electrons. The summed E-state index contributed by atoms with van der Waals surface area (Å²) in [7, 11) is 0. The second kappa shape index (κ2) is 8.09. The van der Waals surface area contributed by atoms with Crippen molar-refractivity contribution in [2.24, 2.45) is 5.10 Å². The lowest BCUT2D eigenvalue weighted by Crippen LogP contribution is -2.19. The van der Waals surface area contributed by atoms with Gasteiger partial charge in [0, 0.05) is 5.56 Å². The fraction of sp³-hybridized carbons (Fsp3) is 0.0500. The van der Waals surface area contributed by atoms with Crippen molar-refractivity contribution < 1.29 is 23.5 Å². The molecule has 0 unspecified atom stereocenters. The second-order valence-corrected chi connectivity index (χ2v) is 5.68. The van der Waals surface area contributed by atoms with Gasteiger partial charge >= 0.3 is 5.97 Å². The van der Waals surface area contributed by atoms with Crippen LogP contribution in [0.1, 0.15) is 21.7 Å². The van der Waals surface area contributed by atoms with Gasteiger partial charge in [-0.25, -0.2) is 14.6 Å². The van der Waals surface area contributed by atoms with Gasteiger partial charge in [-0.15, -0.1) is 0 Å². The number of rotatable bonds is 6. The van der Waals surface area contributed by atoms with Gasteiger partial charge in [0.05, 0.1) is 18.2 Å². The van der Waals surface area contributed by atoms with E-state index in [9.17, 15) is 14.0 Å². The summed E-state index contributed by atoms with van der Waals surface area (Å²) in [5, 5.41) is 12.9. The molecule has 6 nitrogen and oxygen atoms in total. The van der Waals surface area contributed by atoms with Crippen LogP contribution in [0.25, 0.3) is 11.3 Å². The molecule has 1 heterocycles. The number of aromatic carboxylic acids is 1. The van der Waals surface area contributed by atoms with Crippen LogP contribution in [-0.4, -0.2) is 23.2 Å². The summed E-state index contributed by atoms with van der Waals surface area (Å²) in [6.45, 7) is 0. The number of halogens is 1. The number of nitrogens with one attached hydrogen (secondary N) is 1. The van der Waals surface area contributed by atoms with E-state index in [4.69, 9.17) is 9.52 Å². The molecule has 7 heteroatoms. The number of nitrogens with zero attached hydrogens (tertiary/aromatic N) is 1. The molecule has 1 amide bonds. The summed E-state index contributed by atoms with van der Waals surface area (Å²) in [4.78, 5) is 22.8. The highest BCUT2D eigenvalue weighted by molar-refractivity contribution is 5.89. The lowest BCUT2D eigenvalue weighted by atomic mass is 10.1. The number of carbonyl (C=O) groups is 2. The van der Waals surface area contributed by atoms with Gasteiger partial charge in [-0.2, -0.15) is 5.10 Å². The third kappa shape index (κ3) is 4.88. The summed E-state index contributed by atoms with van der Waals surface area (Å²) in [5.74, 6) is -0.849. The molecule has 3 aromatic rings. The molecule has 1 aromatic heterocycles. The van der Waals surface area contributed by atoms with Crippen molar-refractivity contribution in [3.05, 3.63) is 83.4 Å². The number of hydrogen-bond donors (Lipinski definition) is 2. The van der Waals surface area contributed by atoms with E-state index in [0.717, 1.165) is 0 Å². The third-order valence-corrected chi connectivity index (χ3v) is 3.68. The molecule has 0 aliphatic rings. The molecule has 0 aliphatic heterocycles. The van der Waals surface area contributed by atoms with Crippen LogP contribution >= 0.6 is 0 Å². The summed E-state index contributed by atoms with van der Waals surface area (Å²) in [6, 6.07) is 15.3. The van der Waals surface area contributed by atoms with Crippen molar-refractivity contribution in [2.75, 3.05) is 0 Å². The number of benzene rings is 2. The molecular formula is C20H15FN2O4. The van der Waals surface area contributed by atoms with Gasteiger partial charge in [0.2, 0.25) is 5.91 Å². The van der Waals surface area contributed by atoms with Crippen molar-refractivity contribution in [3.8, 4) is 11.3 Å². The standard InChI is InChI=1S/C20H15FN2O4/c21-16-6-4-13(5-7-16)10-19(24)23-22-12-17-8-9-18(27-17)14-2-1-3-15(11-14)20(25)26/h1-9,11-12H,10H2,(H,23,24)(H,25,26)/b22-12-. The Bertz CT molecular complexity index is 993. The first-order valence-corrected chi connectivity index (χ1v) is 8.01. The molecule has 0 saturated carbocycles. The van der Waals surface area contributed by atoms with E-state index in [1.165, 1.54) is 42.6 Å². The highest BCUT2D eigenvalue weighted by atomic mass is 19.1. The molecule has 2 N–H and O–H groups in total. The first-order valence-electron chi connectivity index (χ1n) is 8.01.